The minimum Gasteiger partial charge on any atom is -0.485 e. The number of aromatic nitrogens is 4. The number of rotatable bonds is 3. The van der Waals surface area contributed by atoms with Gasteiger partial charge in [-0.05, 0) is 17.7 Å². The zero-order valence-electron chi connectivity index (χ0n) is 12.9. The van der Waals surface area contributed by atoms with Crippen LogP contribution in [0.3, 0.4) is 0 Å². The molecule has 0 N–H and O–H groups in total. The fourth-order valence-corrected chi connectivity index (χ4v) is 2.52. The monoisotopic (exact) mass is 326 g/mol. The molecule has 0 fully saturated rings. The van der Waals surface area contributed by atoms with Gasteiger partial charge in [-0.25, -0.2) is 15.0 Å². The van der Waals surface area contributed by atoms with Crippen molar-refractivity contribution < 1.29 is 4.74 Å². The first kappa shape index (κ1) is 14.6. The highest BCUT2D eigenvalue weighted by Crippen LogP contribution is 2.23. The lowest BCUT2D eigenvalue weighted by atomic mass is 10.2. The highest BCUT2D eigenvalue weighted by atomic mass is 16.5. The molecule has 0 spiro atoms. The van der Waals surface area contributed by atoms with Crippen LogP contribution < -0.4 is 4.74 Å². The molecule has 0 aliphatic carbocycles. The van der Waals surface area contributed by atoms with Gasteiger partial charge in [0.1, 0.15) is 18.7 Å². The van der Waals surface area contributed by atoms with E-state index in [0.29, 0.717) is 29.3 Å². The molecule has 0 amide bonds. The molecule has 0 aliphatic rings. The van der Waals surface area contributed by atoms with Crippen LogP contribution in [0.2, 0.25) is 0 Å². The van der Waals surface area contributed by atoms with Crippen LogP contribution in [0.1, 0.15) is 17.0 Å². The molecule has 3 heterocycles. The number of imidazole rings is 1. The van der Waals surface area contributed by atoms with Crippen LogP contribution in [-0.4, -0.2) is 19.4 Å². The molecule has 0 bridgehead atoms. The van der Waals surface area contributed by atoms with Crippen molar-refractivity contribution >= 4 is 16.9 Å². The van der Waals surface area contributed by atoms with Crippen molar-refractivity contribution in [3.8, 4) is 17.9 Å². The average molecular weight is 326 g/mol. The average Bonchev–Trinajstić information content (AvgIpc) is 3.04. The molecule has 3 aromatic heterocycles. The zero-order chi connectivity index (χ0) is 17.2. The second-order valence-corrected chi connectivity index (χ2v) is 5.24. The van der Waals surface area contributed by atoms with E-state index in [1.807, 2.05) is 42.5 Å². The predicted molar refractivity (Wildman–Crippen MR) is 88.5 cm³/mol. The van der Waals surface area contributed by atoms with Crippen molar-refractivity contribution in [1.82, 2.24) is 19.4 Å². The summed E-state index contributed by atoms with van der Waals surface area (Å²) in [5.41, 5.74) is 2.22. The number of ether oxygens (including phenoxy) is 1. The maximum atomic E-state index is 9.13. The summed E-state index contributed by atoms with van der Waals surface area (Å²) in [5.74, 6) is 0.572. The summed E-state index contributed by atoms with van der Waals surface area (Å²) >= 11 is 0. The van der Waals surface area contributed by atoms with E-state index in [-0.39, 0.29) is 11.4 Å². The van der Waals surface area contributed by atoms with E-state index in [1.165, 1.54) is 0 Å². The fraction of sp³-hybridized carbons (Fsp3) is 0.0556. The SMILES string of the molecule is N#Cc1nc2nc3c(OCc4ccccc4)cccn3c2nc1C#N. The number of pyridine rings is 1. The van der Waals surface area contributed by atoms with Crippen molar-refractivity contribution in [1.29, 1.82) is 10.5 Å². The fourth-order valence-electron chi connectivity index (χ4n) is 2.52. The van der Waals surface area contributed by atoms with Gasteiger partial charge in [0.15, 0.2) is 34.1 Å². The summed E-state index contributed by atoms with van der Waals surface area (Å²) in [5, 5.41) is 18.2. The standard InChI is InChI=1S/C18H10N6O/c19-9-13-14(10-20)22-18-16(21-13)23-17-15(7-4-8-24(17)18)25-11-12-5-2-1-3-6-12/h1-8H,11H2. The largest absolute Gasteiger partial charge is 0.485 e. The minimum atomic E-state index is -0.0369. The maximum Gasteiger partial charge on any atom is 0.199 e. The minimum absolute atomic E-state index is 0.0209. The van der Waals surface area contributed by atoms with Gasteiger partial charge in [0, 0.05) is 6.20 Å². The third kappa shape index (κ3) is 2.50. The molecule has 0 saturated heterocycles. The van der Waals surface area contributed by atoms with Gasteiger partial charge in [0.2, 0.25) is 0 Å². The lowest BCUT2D eigenvalue weighted by Gasteiger charge is -2.07. The molecule has 0 radical (unpaired) electrons. The molecule has 0 unspecified atom stereocenters. The molecule has 0 atom stereocenters. The molecule has 7 nitrogen and oxygen atoms in total. The maximum absolute atomic E-state index is 9.13. The Morgan fingerprint density at radius 3 is 2.40 bits per heavy atom. The second-order valence-electron chi connectivity index (χ2n) is 5.24. The van der Waals surface area contributed by atoms with Gasteiger partial charge in [-0.15, -0.1) is 0 Å². The number of benzene rings is 1. The van der Waals surface area contributed by atoms with Gasteiger partial charge < -0.3 is 4.74 Å². The summed E-state index contributed by atoms with van der Waals surface area (Å²) in [6.07, 6.45) is 1.77. The Kier molecular flexibility index (Phi) is 3.45. The van der Waals surface area contributed by atoms with E-state index < -0.39 is 0 Å². The van der Waals surface area contributed by atoms with Crippen molar-refractivity contribution in [2.24, 2.45) is 0 Å². The summed E-state index contributed by atoms with van der Waals surface area (Å²) < 4.78 is 7.58. The number of hydrogen-bond donors (Lipinski definition) is 0. The molecule has 118 valence electrons. The Balaban J connectivity index is 1.82. The van der Waals surface area contributed by atoms with Gasteiger partial charge >= 0.3 is 0 Å². The Labute approximate surface area is 142 Å². The van der Waals surface area contributed by atoms with E-state index in [0.717, 1.165) is 5.56 Å². The molecular weight excluding hydrogens is 316 g/mol. The number of nitrogens with zero attached hydrogens (tertiary/aromatic N) is 6. The smallest absolute Gasteiger partial charge is 0.199 e. The topological polar surface area (TPSA) is 99.9 Å². The van der Waals surface area contributed by atoms with E-state index in [2.05, 4.69) is 15.0 Å². The lowest BCUT2D eigenvalue weighted by molar-refractivity contribution is 0.308. The summed E-state index contributed by atoms with van der Waals surface area (Å²) in [6, 6.07) is 17.2. The van der Waals surface area contributed by atoms with Gasteiger partial charge in [0.25, 0.3) is 0 Å². The Hall–Kier alpha value is -3.97. The van der Waals surface area contributed by atoms with Gasteiger partial charge in [-0.3, -0.25) is 4.40 Å². The van der Waals surface area contributed by atoms with E-state index >= 15 is 0 Å². The molecule has 7 heteroatoms. The predicted octanol–water partition coefficient (Wildman–Crippen LogP) is 2.60. The van der Waals surface area contributed by atoms with Crippen molar-refractivity contribution in [2.45, 2.75) is 6.61 Å². The van der Waals surface area contributed by atoms with Crippen LogP contribution in [0.25, 0.3) is 16.9 Å². The van der Waals surface area contributed by atoms with Crippen LogP contribution in [0.4, 0.5) is 0 Å². The summed E-state index contributed by atoms with van der Waals surface area (Å²) in [7, 11) is 0. The molecular formula is C18H10N6O. The van der Waals surface area contributed by atoms with Gasteiger partial charge in [-0.1, -0.05) is 30.3 Å². The summed E-state index contributed by atoms with van der Waals surface area (Å²) in [4.78, 5) is 12.8. The summed E-state index contributed by atoms with van der Waals surface area (Å²) in [6.45, 7) is 0.400. The Morgan fingerprint density at radius 2 is 1.64 bits per heavy atom. The molecule has 0 aliphatic heterocycles. The van der Waals surface area contributed by atoms with Crippen LogP contribution in [-0.2, 0) is 6.61 Å². The number of nitriles is 2. The van der Waals surface area contributed by atoms with E-state index in [9.17, 15) is 0 Å². The first-order chi connectivity index (χ1) is 12.3. The first-order valence-electron chi connectivity index (χ1n) is 7.46. The normalized spacial score (nSPS) is 10.5. The van der Waals surface area contributed by atoms with E-state index in [4.69, 9.17) is 15.3 Å². The highest BCUT2D eigenvalue weighted by molar-refractivity contribution is 5.76. The van der Waals surface area contributed by atoms with Crippen molar-refractivity contribution in [3.05, 3.63) is 65.6 Å². The van der Waals surface area contributed by atoms with Crippen molar-refractivity contribution in [2.75, 3.05) is 0 Å². The zero-order valence-corrected chi connectivity index (χ0v) is 12.9. The molecule has 1 aromatic carbocycles. The quantitative estimate of drug-likeness (QED) is 0.573. The Morgan fingerprint density at radius 1 is 0.880 bits per heavy atom. The molecule has 0 saturated carbocycles. The van der Waals surface area contributed by atoms with Crippen LogP contribution >= 0.6 is 0 Å². The van der Waals surface area contributed by atoms with Crippen LogP contribution in [0, 0.1) is 22.7 Å². The number of hydrogen-bond acceptors (Lipinski definition) is 6. The number of fused-ring (bicyclic) bond motifs is 3. The first-order valence-corrected chi connectivity index (χ1v) is 7.46. The lowest BCUT2D eigenvalue weighted by Crippen LogP contribution is -1.98. The second kappa shape index (κ2) is 5.91. The molecule has 4 rings (SSSR count). The molecule has 4 aromatic rings. The van der Waals surface area contributed by atoms with Gasteiger partial charge in [0.05, 0.1) is 0 Å². The van der Waals surface area contributed by atoms with E-state index in [1.54, 1.807) is 22.7 Å². The Bertz CT molecular complexity index is 1170. The van der Waals surface area contributed by atoms with Crippen LogP contribution in [0.5, 0.6) is 5.75 Å². The highest BCUT2D eigenvalue weighted by Gasteiger charge is 2.15. The van der Waals surface area contributed by atoms with Gasteiger partial charge in [-0.2, -0.15) is 10.5 Å². The molecule has 25 heavy (non-hydrogen) atoms. The van der Waals surface area contributed by atoms with Crippen LogP contribution in [0.15, 0.2) is 48.7 Å². The third-order valence-corrected chi connectivity index (χ3v) is 3.68. The third-order valence-electron chi connectivity index (χ3n) is 3.68. The van der Waals surface area contributed by atoms with Crippen molar-refractivity contribution in [3.63, 3.8) is 0 Å².